The van der Waals surface area contributed by atoms with Gasteiger partial charge in [-0.15, -0.1) is 0 Å². The Morgan fingerprint density at radius 1 is 1.04 bits per heavy atom. The molecule has 6 nitrogen and oxygen atoms in total. The van der Waals surface area contributed by atoms with Crippen molar-refractivity contribution in [2.75, 3.05) is 11.9 Å². The van der Waals surface area contributed by atoms with Crippen LogP contribution in [0.3, 0.4) is 0 Å². The number of non-ortho nitro benzene ring substituents is 1. The summed E-state index contributed by atoms with van der Waals surface area (Å²) in [7, 11) is 0. The number of nitrogens with one attached hydrogen (secondary N) is 2. The van der Waals surface area contributed by atoms with Crippen molar-refractivity contribution < 1.29 is 9.72 Å². The van der Waals surface area contributed by atoms with Crippen LogP contribution in [-0.2, 0) is 4.79 Å². The summed E-state index contributed by atoms with van der Waals surface area (Å²) in [5.74, 6) is -0.203. The Labute approximate surface area is 151 Å². The molecule has 2 N–H and O–H groups in total. The number of rotatable bonds is 6. The third kappa shape index (κ3) is 4.04. The van der Waals surface area contributed by atoms with Crippen LogP contribution >= 0.6 is 0 Å². The zero-order chi connectivity index (χ0) is 18.5. The van der Waals surface area contributed by atoms with Crippen LogP contribution in [0.5, 0.6) is 0 Å². The van der Waals surface area contributed by atoms with Crippen LogP contribution in [0.1, 0.15) is 18.5 Å². The molecule has 0 spiro atoms. The Bertz CT molecular complexity index is 933. The molecule has 1 amide bonds. The molecule has 0 radical (unpaired) electrons. The van der Waals surface area contributed by atoms with Crippen LogP contribution in [-0.4, -0.2) is 17.4 Å². The summed E-state index contributed by atoms with van der Waals surface area (Å²) in [5, 5.41) is 18.9. The maximum Gasteiger partial charge on any atom is 0.269 e. The van der Waals surface area contributed by atoms with Crippen LogP contribution < -0.4 is 10.6 Å². The summed E-state index contributed by atoms with van der Waals surface area (Å²) in [6.45, 7) is 2.16. The summed E-state index contributed by atoms with van der Waals surface area (Å²) in [5.41, 5.74) is 1.65. The third-order valence-electron chi connectivity index (χ3n) is 4.22. The molecule has 26 heavy (non-hydrogen) atoms. The van der Waals surface area contributed by atoms with Gasteiger partial charge in [0.25, 0.3) is 5.69 Å². The molecular weight excluding hydrogens is 330 g/mol. The minimum absolute atomic E-state index is 0.00344. The lowest BCUT2D eigenvalue weighted by Gasteiger charge is -2.16. The average Bonchev–Trinajstić information content (AvgIpc) is 2.66. The van der Waals surface area contributed by atoms with E-state index < -0.39 is 4.92 Å². The molecule has 0 aliphatic rings. The van der Waals surface area contributed by atoms with E-state index in [4.69, 9.17) is 0 Å². The second-order valence-electron chi connectivity index (χ2n) is 6.02. The third-order valence-corrected chi connectivity index (χ3v) is 4.22. The van der Waals surface area contributed by atoms with Crippen molar-refractivity contribution in [3.8, 4) is 0 Å². The molecule has 0 fully saturated rings. The van der Waals surface area contributed by atoms with Gasteiger partial charge in [0.15, 0.2) is 0 Å². The molecule has 132 valence electrons. The van der Waals surface area contributed by atoms with Gasteiger partial charge in [0.2, 0.25) is 5.91 Å². The fourth-order valence-corrected chi connectivity index (χ4v) is 2.86. The Hall–Kier alpha value is -3.25. The van der Waals surface area contributed by atoms with Crippen LogP contribution in [0, 0.1) is 10.1 Å². The fraction of sp³-hybridized carbons (Fsp3) is 0.150. The number of hydrogen-bond acceptors (Lipinski definition) is 4. The minimum Gasteiger partial charge on any atom is -0.325 e. The van der Waals surface area contributed by atoms with Crippen LogP contribution in [0.25, 0.3) is 10.8 Å². The normalized spacial score (nSPS) is 11.9. The van der Waals surface area contributed by atoms with Gasteiger partial charge in [0.05, 0.1) is 11.5 Å². The molecule has 0 aromatic heterocycles. The second-order valence-corrected chi connectivity index (χ2v) is 6.02. The molecule has 1 atom stereocenters. The van der Waals surface area contributed by atoms with Gasteiger partial charge in [0, 0.05) is 23.9 Å². The van der Waals surface area contributed by atoms with Gasteiger partial charge in [-0.1, -0.05) is 42.5 Å². The molecule has 0 aliphatic carbocycles. The lowest BCUT2D eigenvalue weighted by atomic mass is 10.00. The highest BCUT2D eigenvalue weighted by Crippen LogP contribution is 2.24. The average molecular weight is 349 g/mol. The number of carbonyl (C=O) groups excluding carboxylic acids is 1. The lowest BCUT2D eigenvalue weighted by Crippen LogP contribution is -2.30. The van der Waals surface area contributed by atoms with E-state index in [-0.39, 0.29) is 24.2 Å². The van der Waals surface area contributed by atoms with Gasteiger partial charge in [-0.05, 0) is 35.4 Å². The number of fused-ring (bicyclic) bond motifs is 1. The van der Waals surface area contributed by atoms with E-state index in [1.165, 1.54) is 24.3 Å². The van der Waals surface area contributed by atoms with E-state index in [2.05, 4.69) is 28.8 Å². The lowest BCUT2D eigenvalue weighted by molar-refractivity contribution is -0.384. The molecule has 0 saturated carbocycles. The Morgan fingerprint density at radius 3 is 2.46 bits per heavy atom. The second kappa shape index (κ2) is 7.76. The quantitative estimate of drug-likeness (QED) is 0.520. The molecule has 0 aliphatic heterocycles. The summed E-state index contributed by atoms with van der Waals surface area (Å²) in [4.78, 5) is 22.3. The summed E-state index contributed by atoms with van der Waals surface area (Å²) in [6, 6.07) is 20.0. The van der Waals surface area contributed by atoms with Gasteiger partial charge in [-0.25, -0.2) is 0 Å². The number of amides is 1. The van der Waals surface area contributed by atoms with Crippen molar-refractivity contribution in [2.24, 2.45) is 0 Å². The van der Waals surface area contributed by atoms with Gasteiger partial charge < -0.3 is 10.6 Å². The number of nitrogens with zero attached hydrogens (tertiary/aromatic N) is 1. The van der Waals surface area contributed by atoms with Crippen molar-refractivity contribution in [3.05, 3.63) is 82.4 Å². The molecule has 3 aromatic carbocycles. The van der Waals surface area contributed by atoms with E-state index in [9.17, 15) is 14.9 Å². The standard InChI is InChI=1S/C20H19N3O3/c1-14(18-8-4-6-15-5-2-3-7-19(15)18)21-13-20(24)22-16-9-11-17(12-10-16)23(25)26/h2-12,14,21H,13H2,1H3,(H,22,24)/t14-/m1/s1. The maximum atomic E-state index is 12.1. The van der Waals surface area contributed by atoms with E-state index in [1.54, 1.807) is 0 Å². The first kappa shape index (κ1) is 17.6. The molecule has 3 rings (SSSR count). The van der Waals surface area contributed by atoms with Crippen molar-refractivity contribution in [2.45, 2.75) is 13.0 Å². The van der Waals surface area contributed by atoms with Crippen LogP contribution in [0.15, 0.2) is 66.7 Å². The highest BCUT2D eigenvalue weighted by atomic mass is 16.6. The molecule has 0 heterocycles. The van der Waals surface area contributed by atoms with Gasteiger partial charge >= 0.3 is 0 Å². The monoisotopic (exact) mass is 349 g/mol. The van der Waals surface area contributed by atoms with E-state index in [0.717, 1.165) is 16.3 Å². The minimum atomic E-state index is -0.473. The van der Waals surface area contributed by atoms with Crippen molar-refractivity contribution >= 4 is 28.1 Å². The topological polar surface area (TPSA) is 84.3 Å². The number of anilines is 1. The smallest absolute Gasteiger partial charge is 0.269 e. The zero-order valence-corrected chi connectivity index (χ0v) is 14.3. The summed E-state index contributed by atoms with van der Waals surface area (Å²) < 4.78 is 0. The highest BCUT2D eigenvalue weighted by molar-refractivity contribution is 5.92. The fourth-order valence-electron chi connectivity index (χ4n) is 2.86. The summed E-state index contributed by atoms with van der Waals surface area (Å²) >= 11 is 0. The Balaban J connectivity index is 1.61. The van der Waals surface area contributed by atoms with E-state index >= 15 is 0 Å². The summed E-state index contributed by atoms with van der Waals surface area (Å²) in [6.07, 6.45) is 0. The van der Waals surface area contributed by atoms with E-state index in [0.29, 0.717) is 5.69 Å². The molecule has 6 heteroatoms. The van der Waals surface area contributed by atoms with Gasteiger partial charge in [0.1, 0.15) is 0 Å². The first-order valence-electron chi connectivity index (χ1n) is 8.30. The molecular formula is C20H19N3O3. The SMILES string of the molecule is C[C@@H](NCC(=O)Nc1ccc([N+](=O)[O-])cc1)c1cccc2ccccc12. The molecule has 0 unspecified atom stereocenters. The molecule has 0 saturated heterocycles. The van der Waals surface area contributed by atoms with Crippen LogP contribution in [0.2, 0.25) is 0 Å². The predicted molar refractivity (Wildman–Crippen MR) is 102 cm³/mol. The predicted octanol–water partition coefficient (Wildman–Crippen LogP) is 4.04. The zero-order valence-electron chi connectivity index (χ0n) is 14.3. The van der Waals surface area contributed by atoms with Crippen molar-refractivity contribution in [1.82, 2.24) is 5.32 Å². The maximum absolute atomic E-state index is 12.1. The number of nitro groups is 1. The number of nitro benzene ring substituents is 1. The highest BCUT2D eigenvalue weighted by Gasteiger charge is 2.11. The van der Waals surface area contributed by atoms with Gasteiger partial charge in [-0.3, -0.25) is 14.9 Å². The number of benzene rings is 3. The first-order valence-corrected chi connectivity index (χ1v) is 8.30. The largest absolute Gasteiger partial charge is 0.325 e. The number of hydrogen-bond donors (Lipinski definition) is 2. The van der Waals surface area contributed by atoms with Crippen LogP contribution in [0.4, 0.5) is 11.4 Å². The molecule has 0 bridgehead atoms. The van der Waals surface area contributed by atoms with E-state index in [1.807, 2.05) is 31.2 Å². The Kier molecular flexibility index (Phi) is 5.24. The first-order chi connectivity index (χ1) is 12.5. The van der Waals surface area contributed by atoms with Crippen molar-refractivity contribution in [3.63, 3.8) is 0 Å². The van der Waals surface area contributed by atoms with Gasteiger partial charge in [-0.2, -0.15) is 0 Å². The number of carbonyl (C=O) groups is 1. The Morgan fingerprint density at radius 2 is 1.73 bits per heavy atom. The molecule has 3 aromatic rings. The van der Waals surface area contributed by atoms with Crippen molar-refractivity contribution in [1.29, 1.82) is 0 Å².